The largest absolute Gasteiger partial charge is 0.494 e. The topological polar surface area (TPSA) is 89.3 Å². The molecule has 0 atom stereocenters. The van der Waals surface area contributed by atoms with Gasteiger partial charge in [-0.1, -0.05) is 36.8 Å². The molecule has 0 bridgehead atoms. The number of piperidine rings is 1. The third-order valence-electron chi connectivity index (χ3n) is 5.85. The average Bonchev–Trinajstić information content (AvgIpc) is 3.18. The first-order chi connectivity index (χ1) is 16.5. The number of benzene rings is 2. The molecular weight excluding hydrogens is 450 g/mol. The van der Waals surface area contributed by atoms with Gasteiger partial charge in [-0.15, -0.1) is 0 Å². The minimum atomic E-state index is -3.48. The fraction of sp³-hybridized carbons (Fsp3) is 0.440. The van der Waals surface area contributed by atoms with Crippen molar-refractivity contribution in [3.05, 3.63) is 66.0 Å². The van der Waals surface area contributed by atoms with Crippen molar-refractivity contribution in [1.82, 2.24) is 19.7 Å². The zero-order valence-electron chi connectivity index (χ0n) is 19.7. The van der Waals surface area contributed by atoms with Gasteiger partial charge in [-0.25, -0.2) is 13.1 Å². The molecule has 9 heteroatoms. The van der Waals surface area contributed by atoms with Crippen LogP contribution in [0, 0.1) is 0 Å². The van der Waals surface area contributed by atoms with Crippen LogP contribution >= 0.6 is 0 Å². The molecule has 4 rings (SSSR count). The Kier molecular flexibility index (Phi) is 8.18. The van der Waals surface area contributed by atoms with Crippen LogP contribution in [0.2, 0.25) is 0 Å². The molecule has 0 saturated carbocycles. The van der Waals surface area contributed by atoms with Crippen LogP contribution in [0.3, 0.4) is 0 Å². The van der Waals surface area contributed by atoms with E-state index in [1.807, 2.05) is 6.07 Å². The monoisotopic (exact) mass is 483 g/mol. The van der Waals surface area contributed by atoms with Gasteiger partial charge in [0.2, 0.25) is 5.95 Å². The van der Waals surface area contributed by atoms with Crippen LogP contribution in [0.1, 0.15) is 37.1 Å². The van der Waals surface area contributed by atoms with Crippen molar-refractivity contribution in [2.75, 3.05) is 31.6 Å². The van der Waals surface area contributed by atoms with Gasteiger partial charge < -0.3 is 10.1 Å². The lowest BCUT2D eigenvalue weighted by Gasteiger charge is -2.26. The Morgan fingerprint density at radius 2 is 1.82 bits per heavy atom. The third-order valence-corrected chi connectivity index (χ3v) is 7.48. The summed E-state index contributed by atoms with van der Waals surface area (Å²) in [5.41, 5.74) is 1.29. The molecular formula is C25H33N5O3S. The normalized spacial score (nSPS) is 14.7. The smallest absolute Gasteiger partial charge is 0.221 e. The average molecular weight is 484 g/mol. The van der Waals surface area contributed by atoms with Gasteiger partial charge in [0.15, 0.2) is 15.7 Å². The Labute approximate surface area is 201 Å². The lowest BCUT2D eigenvalue weighted by Crippen LogP contribution is -2.29. The fourth-order valence-corrected chi connectivity index (χ4v) is 5.31. The van der Waals surface area contributed by atoms with Crippen LogP contribution in [0.4, 0.5) is 5.95 Å². The van der Waals surface area contributed by atoms with Crippen molar-refractivity contribution in [2.45, 2.75) is 42.9 Å². The van der Waals surface area contributed by atoms with Crippen LogP contribution < -0.4 is 10.1 Å². The predicted octanol–water partition coefficient (Wildman–Crippen LogP) is 3.66. The zero-order valence-corrected chi connectivity index (χ0v) is 20.5. The van der Waals surface area contributed by atoms with E-state index >= 15 is 0 Å². The van der Waals surface area contributed by atoms with E-state index in [-0.39, 0.29) is 16.5 Å². The highest BCUT2D eigenvalue weighted by atomic mass is 32.2. The molecule has 0 radical (unpaired) electrons. The van der Waals surface area contributed by atoms with Crippen LogP contribution in [-0.4, -0.2) is 54.3 Å². The third kappa shape index (κ3) is 6.80. The highest BCUT2D eigenvalue weighted by Gasteiger charge is 2.19. The summed E-state index contributed by atoms with van der Waals surface area (Å²) in [5.74, 6) is 1.47. The number of hydrogen-bond donors (Lipinski definition) is 1. The minimum absolute atomic E-state index is 0.233. The quantitative estimate of drug-likeness (QED) is 0.416. The summed E-state index contributed by atoms with van der Waals surface area (Å²) >= 11 is 0. The zero-order chi connectivity index (χ0) is 23.8. The molecule has 2 heterocycles. The Morgan fingerprint density at radius 3 is 2.62 bits per heavy atom. The molecule has 1 fully saturated rings. The van der Waals surface area contributed by atoms with Gasteiger partial charge in [-0.05, 0) is 62.2 Å². The maximum atomic E-state index is 12.6. The number of nitrogens with zero attached hydrogens (tertiary/aromatic N) is 4. The molecule has 2 aromatic carbocycles. The molecule has 1 aliphatic heterocycles. The lowest BCUT2D eigenvalue weighted by molar-refractivity contribution is 0.220. The first kappa shape index (κ1) is 24.2. The van der Waals surface area contributed by atoms with Crippen molar-refractivity contribution in [2.24, 2.45) is 7.05 Å². The number of likely N-dealkylation sites (tertiary alicyclic amines) is 1. The van der Waals surface area contributed by atoms with Gasteiger partial charge in [-0.3, -0.25) is 4.90 Å². The molecule has 1 N–H and O–H groups in total. The Bertz CT molecular complexity index is 1160. The van der Waals surface area contributed by atoms with E-state index in [0.29, 0.717) is 19.1 Å². The number of aryl methyl sites for hydroxylation is 1. The van der Waals surface area contributed by atoms with E-state index in [1.165, 1.54) is 37.9 Å². The second-order valence-corrected chi connectivity index (χ2v) is 10.6. The van der Waals surface area contributed by atoms with Crippen molar-refractivity contribution >= 4 is 15.8 Å². The fourth-order valence-electron chi connectivity index (χ4n) is 4.11. The van der Waals surface area contributed by atoms with Crippen molar-refractivity contribution in [3.8, 4) is 5.75 Å². The molecule has 1 saturated heterocycles. The molecule has 0 amide bonds. The number of aromatic nitrogens is 3. The molecule has 34 heavy (non-hydrogen) atoms. The Balaban J connectivity index is 1.22. The molecule has 1 aromatic heterocycles. The Hall–Kier alpha value is -2.91. The maximum absolute atomic E-state index is 12.6. The van der Waals surface area contributed by atoms with Crippen molar-refractivity contribution in [1.29, 1.82) is 0 Å². The number of rotatable bonds is 11. The summed E-state index contributed by atoms with van der Waals surface area (Å²) in [4.78, 5) is 7.14. The van der Waals surface area contributed by atoms with E-state index in [9.17, 15) is 8.42 Å². The summed E-state index contributed by atoms with van der Waals surface area (Å²) in [7, 11) is -1.73. The van der Waals surface area contributed by atoms with E-state index < -0.39 is 9.84 Å². The summed E-state index contributed by atoms with van der Waals surface area (Å²) in [6, 6.07) is 16.7. The summed E-state index contributed by atoms with van der Waals surface area (Å²) in [6.07, 6.45) is 4.70. The van der Waals surface area contributed by atoms with Crippen LogP contribution in [0.15, 0.2) is 59.5 Å². The number of nitrogens with one attached hydrogen (secondary N) is 1. The lowest BCUT2D eigenvalue weighted by atomic mass is 10.1. The van der Waals surface area contributed by atoms with Gasteiger partial charge in [0.1, 0.15) is 11.5 Å². The first-order valence-corrected chi connectivity index (χ1v) is 13.5. The van der Waals surface area contributed by atoms with Gasteiger partial charge >= 0.3 is 0 Å². The number of hydrogen-bond acceptors (Lipinski definition) is 7. The van der Waals surface area contributed by atoms with Crippen molar-refractivity contribution < 1.29 is 13.2 Å². The minimum Gasteiger partial charge on any atom is -0.494 e. The van der Waals surface area contributed by atoms with E-state index in [4.69, 9.17) is 4.74 Å². The van der Waals surface area contributed by atoms with Gasteiger partial charge in [0.25, 0.3) is 0 Å². The van der Waals surface area contributed by atoms with Crippen molar-refractivity contribution in [3.63, 3.8) is 0 Å². The molecule has 1 aliphatic rings. The molecule has 182 valence electrons. The van der Waals surface area contributed by atoms with Gasteiger partial charge in [0.05, 0.1) is 11.5 Å². The van der Waals surface area contributed by atoms with E-state index in [1.54, 1.807) is 42.1 Å². The molecule has 0 spiro atoms. The number of sulfone groups is 1. The molecule has 3 aromatic rings. The molecule has 8 nitrogen and oxygen atoms in total. The maximum Gasteiger partial charge on any atom is 0.221 e. The Morgan fingerprint density at radius 1 is 1.03 bits per heavy atom. The van der Waals surface area contributed by atoms with Crippen LogP contribution in [0.25, 0.3) is 0 Å². The number of anilines is 1. The standard InChI is InChI=1S/C25H33N5O3S/c1-29-25(27-24(28-29)20-34(31,32)23-12-4-2-5-13-23)26-14-9-17-33-22-11-8-10-21(18-22)19-30-15-6-3-7-16-30/h2,4-5,8,10-13,18H,3,6-7,9,14-17,19-20H2,1H3,(H,26,27,28). The second-order valence-electron chi connectivity index (χ2n) is 8.66. The van der Waals surface area contributed by atoms with Gasteiger partial charge in [-0.2, -0.15) is 10.1 Å². The summed E-state index contributed by atoms with van der Waals surface area (Å²) in [6.45, 7) is 4.56. The van der Waals surface area contributed by atoms with Crippen LogP contribution in [0.5, 0.6) is 5.75 Å². The highest BCUT2D eigenvalue weighted by Crippen LogP contribution is 2.18. The van der Waals surface area contributed by atoms with Gasteiger partial charge in [0, 0.05) is 20.1 Å². The first-order valence-electron chi connectivity index (χ1n) is 11.9. The summed E-state index contributed by atoms with van der Waals surface area (Å²) < 4.78 is 32.6. The van der Waals surface area contributed by atoms with Crippen LogP contribution in [-0.2, 0) is 29.2 Å². The number of ether oxygens (including phenoxy) is 1. The van der Waals surface area contributed by atoms with E-state index in [0.717, 1.165) is 18.7 Å². The second kappa shape index (κ2) is 11.5. The highest BCUT2D eigenvalue weighted by molar-refractivity contribution is 7.90. The SMILES string of the molecule is Cn1nc(CS(=O)(=O)c2ccccc2)nc1NCCCOc1cccc(CN2CCCCC2)c1. The summed E-state index contributed by atoms with van der Waals surface area (Å²) in [5, 5.41) is 7.47. The molecule has 0 unspecified atom stereocenters. The molecule has 0 aliphatic carbocycles. The van der Waals surface area contributed by atoms with E-state index in [2.05, 4.69) is 38.5 Å². The predicted molar refractivity (Wildman–Crippen MR) is 133 cm³/mol.